The van der Waals surface area contributed by atoms with Crippen LogP contribution in [0, 0.1) is 0 Å². The molecule has 3 rings (SSSR count). The van der Waals surface area contributed by atoms with Crippen LogP contribution >= 0.6 is 11.3 Å². The third kappa shape index (κ3) is 3.01. The van der Waals surface area contributed by atoms with Gasteiger partial charge in [-0.2, -0.15) is 4.57 Å². The van der Waals surface area contributed by atoms with Crippen LogP contribution in [0.1, 0.15) is 10.6 Å². The Morgan fingerprint density at radius 3 is 2.53 bits per heavy atom. The van der Waals surface area contributed by atoms with Gasteiger partial charge in [0.05, 0.1) is 0 Å². The van der Waals surface area contributed by atoms with Crippen molar-refractivity contribution in [3.63, 3.8) is 0 Å². The van der Waals surface area contributed by atoms with Crippen LogP contribution in [0.25, 0.3) is 22.4 Å². The highest BCUT2D eigenvalue weighted by molar-refractivity contribution is 7.18. The second-order valence-corrected chi connectivity index (χ2v) is 5.14. The van der Waals surface area contributed by atoms with Crippen LogP contribution in [0.4, 0.5) is 0 Å². The SMILES string of the molecule is C[n+]1c(/C=C/c2ccncc2)sc2ccccc21.[I-]. The highest BCUT2D eigenvalue weighted by atomic mass is 127. The summed E-state index contributed by atoms with van der Waals surface area (Å²) in [6.45, 7) is 0. The van der Waals surface area contributed by atoms with Crippen molar-refractivity contribution in [2.24, 2.45) is 7.05 Å². The third-order valence-electron chi connectivity index (χ3n) is 2.90. The lowest BCUT2D eigenvalue weighted by Gasteiger charge is -1.89. The van der Waals surface area contributed by atoms with Gasteiger partial charge >= 0.3 is 0 Å². The van der Waals surface area contributed by atoms with Gasteiger partial charge in [-0.3, -0.25) is 4.98 Å². The second-order valence-electron chi connectivity index (χ2n) is 4.08. The smallest absolute Gasteiger partial charge is 0.262 e. The van der Waals surface area contributed by atoms with E-state index in [0.29, 0.717) is 0 Å². The molecular formula is C15H13IN2S. The van der Waals surface area contributed by atoms with Crippen LogP contribution in [0.3, 0.4) is 0 Å². The van der Waals surface area contributed by atoms with Crippen LogP contribution < -0.4 is 28.5 Å². The quantitative estimate of drug-likeness (QED) is 0.462. The molecule has 0 bridgehead atoms. The number of aryl methyl sites for hydroxylation is 1. The monoisotopic (exact) mass is 380 g/mol. The predicted octanol–water partition coefficient (Wildman–Crippen LogP) is 0.295. The van der Waals surface area contributed by atoms with Crippen molar-refractivity contribution in [1.82, 2.24) is 4.98 Å². The van der Waals surface area contributed by atoms with E-state index in [1.807, 2.05) is 24.5 Å². The molecule has 0 unspecified atom stereocenters. The number of thiazole rings is 1. The maximum absolute atomic E-state index is 4.02. The Kier molecular flexibility index (Phi) is 4.66. The Balaban J connectivity index is 0.00000133. The number of para-hydroxylation sites is 1. The molecule has 0 fully saturated rings. The summed E-state index contributed by atoms with van der Waals surface area (Å²) in [7, 11) is 2.10. The number of pyridine rings is 1. The zero-order valence-electron chi connectivity index (χ0n) is 10.5. The van der Waals surface area contributed by atoms with Gasteiger partial charge in [-0.1, -0.05) is 23.5 Å². The predicted molar refractivity (Wildman–Crippen MR) is 76.2 cm³/mol. The minimum atomic E-state index is 0. The van der Waals surface area contributed by atoms with Crippen molar-refractivity contribution >= 4 is 33.7 Å². The molecule has 0 atom stereocenters. The molecule has 1 aromatic carbocycles. The lowest BCUT2D eigenvalue weighted by atomic mass is 10.2. The molecule has 0 saturated heterocycles. The first-order valence-electron chi connectivity index (χ1n) is 5.80. The molecule has 3 aromatic rings. The van der Waals surface area contributed by atoms with Gasteiger partial charge in [-0.05, 0) is 29.8 Å². The van der Waals surface area contributed by atoms with E-state index in [1.54, 1.807) is 11.3 Å². The Morgan fingerprint density at radius 2 is 1.79 bits per heavy atom. The summed E-state index contributed by atoms with van der Waals surface area (Å²) in [6.07, 6.45) is 7.89. The van der Waals surface area contributed by atoms with Gasteiger partial charge in [0, 0.05) is 24.5 Å². The van der Waals surface area contributed by atoms with Crippen LogP contribution in [0.2, 0.25) is 0 Å². The average Bonchev–Trinajstić information content (AvgIpc) is 2.75. The van der Waals surface area contributed by atoms with Crippen LogP contribution in [-0.2, 0) is 7.05 Å². The van der Waals surface area contributed by atoms with E-state index in [1.165, 1.54) is 20.8 Å². The van der Waals surface area contributed by atoms with Crippen LogP contribution in [0.15, 0.2) is 48.8 Å². The van der Waals surface area contributed by atoms with E-state index >= 15 is 0 Å². The van der Waals surface area contributed by atoms with Crippen LogP contribution in [-0.4, -0.2) is 4.98 Å². The number of aromatic nitrogens is 2. The largest absolute Gasteiger partial charge is 1.00 e. The molecule has 96 valence electrons. The van der Waals surface area contributed by atoms with Gasteiger partial charge in [0.1, 0.15) is 11.7 Å². The number of hydrogen-bond acceptors (Lipinski definition) is 2. The van der Waals surface area contributed by atoms with Gasteiger partial charge in [0.15, 0.2) is 0 Å². The number of hydrogen-bond donors (Lipinski definition) is 0. The van der Waals surface area contributed by atoms with E-state index in [-0.39, 0.29) is 24.0 Å². The number of halogens is 1. The molecule has 2 nitrogen and oxygen atoms in total. The fraction of sp³-hybridized carbons (Fsp3) is 0.0667. The molecule has 0 aliphatic carbocycles. The lowest BCUT2D eigenvalue weighted by molar-refractivity contribution is -0.642. The Labute approximate surface area is 133 Å². The van der Waals surface area contributed by atoms with E-state index in [9.17, 15) is 0 Å². The first kappa shape index (κ1) is 14.1. The van der Waals surface area contributed by atoms with E-state index in [0.717, 1.165) is 0 Å². The van der Waals surface area contributed by atoms with Crippen molar-refractivity contribution in [2.75, 3.05) is 0 Å². The maximum Gasteiger partial charge on any atom is 0.262 e. The zero-order chi connectivity index (χ0) is 12.4. The first-order chi connectivity index (χ1) is 8.84. The fourth-order valence-electron chi connectivity index (χ4n) is 1.91. The van der Waals surface area contributed by atoms with Gasteiger partial charge in [0.2, 0.25) is 5.52 Å². The van der Waals surface area contributed by atoms with Crippen molar-refractivity contribution < 1.29 is 28.5 Å². The Bertz CT molecular complexity index is 704. The molecule has 0 amide bonds. The topological polar surface area (TPSA) is 16.8 Å². The highest BCUT2D eigenvalue weighted by Crippen LogP contribution is 2.21. The molecule has 19 heavy (non-hydrogen) atoms. The molecule has 0 spiro atoms. The molecule has 0 saturated carbocycles. The summed E-state index contributed by atoms with van der Waals surface area (Å²) in [4.78, 5) is 4.02. The third-order valence-corrected chi connectivity index (χ3v) is 4.08. The Morgan fingerprint density at radius 1 is 1.05 bits per heavy atom. The van der Waals surface area contributed by atoms with E-state index in [2.05, 4.69) is 53.0 Å². The second kappa shape index (κ2) is 6.25. The molecular weight excluding hydrogens is 367 g/mol. The first-order valence-corrected chi connectivity index (χ1v) is 6.62. The molecule has 0 radical (unpaired) electrons. The van der Waals surface area contributed by atoms with E-state index < -0.39 is 0 Å². The van der Waals surface area contributed by atoms with Crippen molar-refractivity contribution in [3.8, 4) is 0 Å². The fourth-order valence-corrected chi connectivity index (χ4v) is 2.96. The summed E-state index contributed by atoms with van der Waals surface area (Å²) >= 11 is 1.80. The summed E-state index contributed by atoms with van der Waals surface area (Å²) in [5.41, 5.74) is 2.44. The minimum Gasteiger partial charge on any atom is -1.00 e. The molecule has 4 heteroatoms. The normalized spacial score (nSPS) is 10.8. The number of nitrogens with zero attached hydrogens (tertiary/aromatic N) is 2. The summed E-state index contributed by atoms with van der Waals surface area (Å²) in [5, 5.41) is 1.24. The number of benzene rings is 1. The van der Waals surface area contributed by atoms with Gasteiger partial charge in [-0.25, -0.2) is 0 Å². The zero-order valence-corrected chi connectivity index (χ0v) is 13.4. The highest BCUT2D eigenvalue weighted by Gasteiger charge is 2.12. The minimum absolute atomic E-state index is 0. The molecule has 2 aromatic heterocycles. The van der Waals surface area contributed by atoms with Crippen molar-refractivity contribution in [3.05, 3.63) is 59.4 Å². The summed E-state index contributed by atoms with van der Waals surface area (Å²) < 4.78 is 3.53. The average molecular weight is 380 g/mol. The molecule has 0 aliphatic rings. The van der Waals surface area contributed by atoms with E-state index in [4.69, 9.17) is 0 Å². The molecule has 0 N–H and O–H groups in total. The van der Waals surface area contributed by atoms with Gasteiger partial charge in [0.25, 0.3) is 5.01 Å². The molecule has 2 heterocycles. The lowest BCUT2D eigenvalue weighted by Crippen LogP contribution is -3.00. The standard InChI is InChI=1S/C15H13N2S.HI/c1-17-13-4-2-3-5-14(13)18-15(17)7-6-12-8-10-16-11-9-12;/h2-11H,1H3;1H/q+1;/p-1/b7-6+;. The molecule has 0 aliphatic heterocycles. The summed E-state index contributed by atoms with van der Waals surface area (Å²) in [5.74, 6) is 0. The van der Waals surface area contributed by atoms with Crippen LogP contribution in [0.5, 0.6) is 0 Å². The van der Waals surface area contributed by atoms with Gasteiger partial charge < -0.3 is 24.0 Å². The maximum atomic E-state index is 4.02. The van der Waals surface area contributed by atoms with Crippen molar-refractivity contribution in [2.45, 2.75) is 0 Å². The number of fused-ring (bicyclic) bond motifs is 1. The van der Waals surface area contributed by atoms with Crippen molar-refractivity contribution in [1.29, 1.82) is 0 Å². The Hall–Kier alpha value is -1.27. The number of rotatable bonds is 2. The van der Waals surface area contributed by atoms with Gasteiger partial charge in [-0.15, -0.1) is 0 Å². The summed E-state index contributed by atoms with van der Waals surface area (Å²) in [6, 6.07) is 12.5.